The Kier molecular flexibility index (Phi) is 3.61. The quantitative estimate of drug-likeness (QED) is 0.936. The van der Waals surface area contributed by atoms with Crippen LogP contribution in [0, 0.1) is 5.82 Å². The number of aromatic nitrogens is 2. The predicted molar refractivity (Wildman–Crippen MR) is 72.4 cm³/mol. The summed E-state index contributed by atoms with van der Waals surface area (Å²) in [6.45, 7) is 2.48. The Balaban J connectivity index is 2.45. The molecule has 0 spiro atoms. The zero-order valence-corrected chi connectivity index (χ0v) is 11.4. The largest absolute Gasteiger partial charge is 0.369 e. The van der Waals surface area contributed by atoms with Gasteiger partial charge in [0.25, 0.3) is 0 Å². The van der Waals surface area contributed by atoms with Gasteiger partial charge in [-0.2, -0.15) is 0 Å². The number of likely N-dealkylation sites (N-methyl/N-ethyl adjacent to an activating group) is 1. The van der Waals surface area contributed by atoms with Crippen molar-refractivity contribution < 1.29 is 9.18 Å². The number of rotatable bonds is 3. The molecule has 2 rings (SSSR count). The number of anilines is 1. The molecule has 0 aliphatic rings. The second-order valence-corrected chi connectivity index (χ2v) is 4.63. The highest BCUT2D eigenvalue weighted by atomic mass is 35.5. The van der Waals surface area contributed by atoms with Gasteiger partial charge >= 0.3 is 0 Å². The summed E-state index contributed by atoms with van der Waals surface area (Å²) in [7, 11) is 1.69. The standard InChI is InChI=1S/C12H14ClFN4O/c1-3-17(2)11(19)6-18-10-5-8(14)7(13)4-9(10)16-12(18)15/h4-5H,3,6H2,1-2H3,(H2,15,16). The molecule has 2 aromatic rings. The number of hydrogen-bond donors (Lipinski definition) is 1. The first-order chi connectivity index (χ1) is 8.93. The third-order valence-corrected chi connectivity index (χ3v) is 3.30. The van der Waals surface area contributed by atoms with E-state index in [9.17, 15) is 9.18 Å². The van der Waals surface area contributed by atoms with Crippen molar-refractivity contribution in [2.45, 2.75) is 13.5 Å². The van der Waals surface area contributed by atoms with E-state index in [4.69, 9.17) is 17.3 Å². The molecular weight excluding hydrogens is 271 g/mol. The lowest BCUT2D eigenvalue weighted by Gasteiger charge is -2.15. The van der Waals surface area contributed by atoms with Crippen LogP contribution in [0.3, 0.4) is 0 Å². The molecule has 19 heavy (non-hydrogen) atoms. The molecule has 0 unspecified atom stereocenters. The molecule has 1 aromatic heterocycles. The third-order valence-electron chi connectivity index (χ3n) is 3.01. The molecule has 2 N–H and O–H groups in total. The topological polar surface area (TPSA) is 64.2 Å². The maximum atomic E-state index is 13.5. The van der Waals surface area contributed by atoms with E-state index in [1.807, 2.05) is 6.92 Å². The molecule has 0 aliphatic heterocycles. The summed E-state index contributed by atoms with van der Waals surface area (Å²) in [5.74, 6) is -0.523. The summed E-state index contributed by atoms with van der Waals surface area (Å²) in [6.07, 6.45) is 0. The molecule has 0 saturated carbocycles. The lowest BCUT2D eigenvalue weighted by Crippen LogP contribution is -2.30. The highest BCUT2D eigenvalue weighted by molar-refractivity contribution is 6.31. The minimum atomic E-state index is -0.563. The molecule has 102 valence electrons. The van der Waals surface area contributed by atoms with Gasteiger partial charge in [-0.05, 0) is 13.0 Å². The van der Waals surface area contributed by atoms with Crippen LogP contribution in [-0.4, -0.2) is 34.0 Å². The number of amides is 1. The van der Waals surface area contributed by atoms with Crippen LogP contribution in [0.25, 0.3) is 11.0 Å². The van der Waals surface area contributed by atoms with Crippen LogP contribution in [0.2, 0.25) is 5.02 Å². The number of fused-ring (bicyclic) bond motifs is 1. The van der Waals surface area contributed by atoms with Crippen molar-refractivity contribution in [2.24, 2.45) is 0 Å². The second kappa shape index (κ2) is 5.05. The first-order valence-electron chi connectivity index (χ1n) is 5.78. The van der Waals surface area contributed by atoms with Crippen molar-refractivity contribution in [3.05, 3.63) is 23.0 Å². The molecule has 0 aliphatic carbocycles. The number of halogens is 2. The fraction of sp³-hybridized carbons (Fsp3) is 0.333. The van der Waals surface area contributed by atoms with Gasteiger partial charge in [-0.3, -0.25) is 4.79 Å². The smallest absolute Gasteiger partial charge is 0.242 e. The van der Waals surface area contributed by atoms with Crippen LogP contribution < -0.4 is 5.73 Å². The summed E-state index contributed by atoms with van der Waals surface area (Å²) in [4.78, 5) is 17.5. The Hall–Kier alpha value is -1.82. The van der Waals surface area contributed by atoms with Crippen molar-refractivity contribution in [3.63, 3.8) is 0 Å². The van der Waals surface area contributed by atoms with Crippen LogP contribution >= 0.6 is 11.6 Å². The summed E-state index contributed by atoms with van der Waals surface area (Å²) < 4.78 is 15.0. The van der Waals surface area contributed by atoms with Gasteiger partial charge < -0.3 is 15.2 Å². The minimum absolute atomic E-state index is 0.0193. The van der Waals surface area contributed by atoms with Crippen LogP contribution in [-0.2, 0) is 11.3 Å². The van der Waals surface area contributed by atoms with Gasteiger partial charge in [-0.1, -0.05) is 11.6 Å². The Morgan fingerprint density at radius 1 is 1.58 bits per heavy atom. The molecule has 0 radical (unpaired) electrons. The third kappa shape index (κ3) is 2.49. The molecule has 1 aromatic carbocycles. The molecule has 0 atom stereocenters. The number of nitrogens with two attached hydrogens (primary N) is 1. The van der Waals surface area contributed by atoms with E-state index in [0.29, 0.717) is 17.6 Å². The molecule has 7 heteroatoms. The normalized spacial score (nSPS) is 10.9. The zero-order chi connectivity index (χ0) is 14.2. The van der Waals surface area contributed by atoms with E-state index in [-0.39, 0.29) is 23.4 Å². The highest BCUT2D eigenvalue weighted by Gasteiger charge is 2.15. The zero-order valence-electron chi connectivity index (χ0n) is 10.7. The van der Waals surface area contributed by atoms with Crippen molar-refractivity contribution in [3.8, 4) is 0 Å². The van der Waals surface area contributed by atoms with Gasteiger partial charge in [0, 0.05) is 19.7 Å². The van der Waals surface area contributed by atoms with E-state index >= 15 is 0 Å². The van der Waals surface area contributed by atoms with Gasteiger partial charge in [0.1, 0.15) is 12.4 Å². The fourth-order valence-corrected chi connectivity index (χ4v) is 1.90. The number of carbonyl (C=O) groups is 1. The maximum Gasteiger partial charge on any atom is 0.242 e. The maximum absolute atomic E-state index is 13.5. The Morgan fingerprint density at radius 3 is 2.89 bits per heavy atom. The minimum Gasteiger partial charge on any atom is -0.369 e. The van der Waals surface area contributed by atoms with E-state index in [0.717, 1.165) is 0 Å². The lowest BCUT2D eigenvalue weighted by atomic mass is 10.3. The number of nitrogen functional groups attached to an aromatic ring is 1. The van der Waals surface area contributed by atoms with Gasteiger partial charge in [0.05, 0.1) is 16.1 Å². The van der Waals surface area contributed by atoms with Crippen molar-refractivity contribution in [1.29, 1.82) is 0 Å². The van der Waals surface area contributed by atoms with E-state index in [1.165, 1.54) is 16.7 Å². The fourth-order valence-electron chi connectivity index (χ4n) is 1.74. The van der Waals surface area contributed by atoms with E-state index in [1.54, 1.807) is 11.9 Å². The Bertz CT molecular complexity index is 640. The first kappa shape index (κ1) is 13.6. The SMILES string of the molecule is CCN(C)C(=O)Cn1c(N)nc2cc(Cl)c(F)cc21. The monoisotopic (exact) mass is 284 g/mol. The number of nitrogens with zero attached hydrogens (tertiary/aromatic N) is 3. The van der Waals surface area contributed by atoms with Gasteiger partial charge in [-0.15, -0.1) is 0 Å². The molecule has 1 amide bonds. The number of carbonyl (C=O) groups excluding carboxylic acids is 1. The number of hydrogen-bond acceptors (Lipinski definition) is 3. The van der Waals surface area contributed by atoms with Gasteiger partial charge in [-0.25, -0.2) is 9.37 Å². The first-order valence-corrected chi connectivity index (χ1v) is 6.16. The molecule has 1 heterocycles. The Morgan fingerprint density at radius 2 is 2.26 bits per heavy atom. The Labute approximate surface area is 114 Å². The van der Waals surface area contributed by atoms with Crippen molar-refractivity contribution in [2.75, 3.05) is 19.3 Å². The lowest BCUT2D eigenvalue weighted by molar-refractivity contribution is -0.130. The number of imidazole rings is 1. The average Bonchev–Trinajstić information content (AvgIpc) is 2.65. The van der Waals surface area contributed by atoms with Crippen LogP contribution in [0.15, 0.2) is 12.1 Å². The summed E-state index contributed by atoms with van der Waals surface area (Å²) in [5, 5.41) is -0.0193. The predicted octanol–water partition coefficient (Wildman–Crippen LogP) is 1.89. The van der Waals surface area contributed by atoms with Gasteiger partial charge in [0.15, 0.2) is 0 Å². The average molecular weight is 285 g/mol. The van der Waals surface area contributed by atoms with E-state index in [2.05, 4.69) is 4.98 Å². The molecule has 0 bridgehead atoms. The summed E-state index contributed by atoms with van der Waals surface area (Å²) in [5.41, 5.74) is 6.68. The highest BCUT2D eigenvalue weighted by Crippen LogP contribution is 2.24. The van der Waals surface area contributed by atoms with Crippen LogP contribution in [0.4, 0.5) is 10.3 Å². The second-order valence-electron chi connectivity index (χ2n) is 4.22. The number of benzene rings is 1. The van der Waals surface area contributed by atoms with Crippen molar-refractivity contribution in [1.82, 2.24) is 14.5 Å². The van der Waals surface area contributed by atoms with E-state index < -0.39 is 5.82 Å². The van der Waals surface area contributed by atoms with Crippen LogP contribution in [0.5, 0.6) is 0 Å². The summed E-state index contributed by atoms with van der Waals surface area (Å²) >= 11 is 5.69. The molecule has 5 nitrogen and oxygen atoms in total. The molecule has 0 saturated heterocycles. The summed E-state index contributed by atoms with van der Waals surface area (Å²) in [6, 6.07) is 2.63. The molecule has 0 fully saturated rings. The van der Waals surface area contributed by atoms with Crippen molar-refractivity contribution >= 4 is 34.5 Å². The van der Waals surface area contributed by atoms with Gasteiger partial charge in [0.2, 0.25) is 11.9 Å². The molecular formula is C12H14ClFN4O. The van der Waals surface area contributed by atoms with Crippen LogP contribution in [0.1, 0.15) is 6.92 Å².